The largest absolute Gasteiger partial charge is 0.356 e. The Labute approximate surface area is 150 Å². The number of amides is 1. The Balaban J connectivity index is 1.36. The third-order valence-corrected chi connectivity index (χ3v) is 4.96. The first-order chi connectivity index (χ1) is 12.1. The van der Waals surface area contributed by atoms with Crippen LogP contribution in [0.3, 0.4) is 0 Å². The van der Waals surface area contributed by atoms with Crippen LogP contribution in [0.15, 0.2) is 34.9 Å². The van der Waals surface area contributed by atoms with Crippen molar-refractivity contribution in [3.63, 3.8) is 0 Å². The summed E-state index contributed by atoms with van der Waals surface area (Å²) >= 11 is 5.89. The summed E-state index contributed by atoms with van der Waals surface area (Å²) in [4.78, 5) is 14.3. The van der Waals surface area contributed by atoms with E-state index in [0.29, 0.717) is 55.6 Å². The first-order valence-electron chi connectivity index (χ1n) is 8.41. The average Bonchev–Trinajstić information content (AvgIpc) is 3.26. The average molecular weight is 363 g/mol. The van der Waals surface area contributed by atoms with E-state index in [1.54, 1.807) is 18.2 Å². The van der Waals surface area contributed by atoms with Crippen molar-refractivity contribution >= 4 is 17.5 Å². The molecule has 25 heavy (non-hydrogen) atoms. The van der Waals surface area contributed by atoms with E-state index in [9.17, 15) is 4.79 Å². The fourth-order valence-electron chi connectivity index (χ4n) is 3.29. The first-order valence-corrected chi connectivity index (χ1v) is 8.79. The quantitative estimate of drug-likeness (QED) is 0.840. The molecule has 1 aromatic heterocycles. The number of likely N-dealkylation sites (tertiary alicyclic amines) is 1. The van der Waals surface area contributed by atoms with Crippen LogP contribution >= 0.6 is 11.6 Å². The lowest BCUT2D eigenvalue weighted by Gasteiger charge is -2.37. The Hall–Kier alpha value is -1.89. The smallest absolute Gasteiger partial charge is 0.228 e. The molecule has 2 fully saturated rings. The van der Waals surface area contributed by atoms with Gasteiger partial charge in [0.1, 0.15) is 0 Å². The lowest BCUT2D eigenvalue weighted by molar-refractivity contribution is -0.187. The van der Waals surface area contributed by atoms with E-state index in [4.69, 9.17) is 25.6 Å². The molecule has 6 nitrogen and oxygen atoms in total. The highest BCUT2D eigenvalue weighted by Gasteiger charge is 2.40. The second-order valence-corrected chi connectivity index (χ2v) is 6.79. The molecule has 2 aromatic rings. The van der Waals surface area contributed by atoms with Gasteiger partial charge in [0.05, 0.1) is 25.3 Å². The van der Waals surface area contributed by atoms with Crippen LogP contribution in [0.5, 0.6) is 0 Å². The molecule has 2 saturated heterocycles. The summed E-state index contributed by atoms with van der Waals surface area (Å²) in [7, 11) is 0. The molecule has 0 atom stereocenters. The van der Waals surface area contributed by atoms with Gasteiger partial charge in [-0.15, -0.1) is 0 Å². The van der Waals surface area contributed by atoms with Gasteiger partial charge in [0.2, 0.25) is 5.91 Å². The highest BCUT2D eigenvalue weighted by Crippen LogP contribution is 2.31. The molecule has 2 aliphatic heterocycles. The van der Waals surface area contributed by atoms with Crippen molar-refractivity contribution in [3.8, 4) is 11.3 Å². The molecular formula is C18H19ClN2O4. The highest BCUT2D eigenvalue weighted by atomic mass is 35.5. The summed E-state index contributed by atoms with van der Waals surface area (Å²) in [5, 5.41) is 4.68. The molecule has 132 valence electrons. The Morgan fingerprint density at radius 1 is 1.16 bits per heavy atom. The topological polar surface area (TPSA) is 64.8 Å². The van der Waals surface area contributed by atoms with Crippen LogP contribution in [0.4, 0.5) is 0 Å². The number of carbonyl (C=O) groups excluding carboxylic acids is 1. The minimum absolute atomic E-state index is 0.0452. The van der Waals surface area contributed by atoms with Crippen LogP contribution in [-0.2, 0) is 20.7 Å². The molecule has 1 spiro atoms. The molecule has 7 heteroatoms. The maximum atomic E-state index is 12.5. The van der Waals surface area contributed by atoms with E-state index >= 15 is 0 Å². The van der Waals surface area contributed by atoms with Crippen LogP contribution in [0.25, 0.3) is 11.3 Å². The maximum Gasteiger partial charge on any atom is 0.228 e. The van der Waals surface area contributed by atoms with E-state index in [-0.39, 0.29) is 12.3 Å². The van der Waals surface area contributed by atoms with Crippen LogP contribution in [0, 0.1) is 0 Å². The second-order valence-electron chi connectivity index (χ2n) is 6.35. The van der Waals surface area contributed by atoms with Gasteiger partial charge in [-0.3, -0.25) is 4.79 Å². The van der Waals surface area contributed by atoms with Crippen LogP contribution < -0.4 is 0 Å². The van der Waals surface area contributed by atoms with Crippen molar-refractivity contribution in [2.45, 2.75) is 25.0 Å². The molecule has 0 saturated carbocycles. The van der Waals surface area contributed by atoms with E-state index < -0.39 is 5.79 Å². The van der Waals surface area contributed by atoms with Crippen molar-refractivity contribution in [3.05, 3.63) is 41.0 Å². The molecule has 1 amide bonds. The number of aromatic nitrogens is 1. The number of carbonyl (C=O) groups is 1. The lowest BCUT2D eigenvalue weighted by atomic mass is 10.0. The molecule has 3 heterocycles. The molecule has 4 rings (SSSR count). The van der Waals surface area contributed by atoms with Gasteiger partial charge in [0.15, 0.2) is 11.5 Å². The Morgan fingerprint density at radius 3 is 2.52 bits per heavy atom. The predicted molar refractivity (Wildman–Crippen MR) is 91.1 cm³/mol. The van der Waals surface area contributed by atoms with E-state index in [1.807, 2.05) is 17.0 Å². The Bertz CT molecular complexity index is 743. The van der Waals surface area contributed by atoms with E-state index in [1.165, 1.54) is 0 Å². The number of benzene rings is 1. The summed E-state index contributed by atoms with van der Waals surface area (Å²) in [6, 6.07) is 9.11. The molecule has 0 aliphatic carbocycles. The summed E-state index contributed by atoms with van der Waals surface area (Å²) < 4.78 is 16.7. The van der Waals surface area contributed by atoms with Crippen LogP contribution in [-0.4, -0.2) is 48.1 Å². The van der Waals surface area contributed by atoms with Crippen molar-refractivity contribution in [2.75, 3.05) is 26.3 Å². The summed E-state index contributed by atoms with van der Waals surface area (Å²) in [5.41, 5.74) is 1.51. The predicted octanol–water partition coefficient (Wildman–Crippen LogP) is 2.90. The number of hydrogen-bond acceptors (Lipinski definition) is 5. The lowest BCUT2D eigenvalue weighted by Crippen LogP contribution is -2.47. The van der Waals surface area contributed by atoms with Gasteiger partial charge in [-0.25, -0.2) is 0 Å². The van der Waals surface area contributed by atoms with E-state index in [0.717, 1.165) is 5.56 Å². The number of rotatable bonds is 3. The zero-order chi connectivity index (χ0) is 17.3. The zero-order valence-corrected chi connectivity index (χ0v) is 14.5. The summed E-state index contributed by atoms with van der Waals surface area (Å²) in [6.45, 7) is 2.56. The van der Waals surface area contributed by atoms with E-state index in [2.05, 4.69) is 5.16 Å². The normalized spacial score (nSPS) is 19.5. The van der Waals surface area contributed by atoms with Gasteiger partial charge >= 0.3 is 0 Å². The third-order valence-electron chi connectivity index (χ3n) is 4.71. The number of halogens is 1. The monoisotopic (exact) mass is 362 g/mol. The van der Waals surface area contributed by atoms with Crippen molar-refractivity contribution in [1.29, 1.82) is 0 Å². The van der Waals surface area contributed by atoms with Crippen LogP contribution in [0.1, 0.15) is 18.5 Å². The molecule has 0 N–H and O–H groups in total. The SMILES string of the molecule is O=C(Cc1cc(-c2ccc(Cl)cc2)on1)N1CCC2(CC1)OCCO2. The standard InChI is InChI=1S/C18H19ClN2O4/c19-14-3-1-13(2-4-14)16-11-15(20-25-16)12-17(22)21-7-5-18(6-8-21)23-9-10-24-18/h1-4,11H,5-10,12H2. The van der Waals surface area contributed by atoms with Crippen molar-refractivity contribution in [2.24, 2.45) is 0 Å². The summed E-state index contributed by atoms with van der Waals surface area (Å²) in [5.74, 6) is 0.209. The first kappa shape index (κ1) is 16.6. The minimum atomic E-state index is -0.466. The van der Waals surface area contributed by atoms with Gasteiger partial charge < -0.3 is 18.9 Å². The van der Waals surface area contributed by atoms with Gasteiger partial charge in [0, 0.05) is 42.6 Å². The number of hydrogen-bond donors (Lipinski definition) is 0. The van der Waals surface area contributed by atoms with Gasteiger partial charge in [-0.2, -0.15) is 0 Å². The number of nitrogens with zero attached hydrogens (tertiary/aromatic N) is 2. The van der Waals surface area contributed by atoms with Gasteiger partial charge in [-0.1, -0.05) is 16.8 Å². The number of piperidine rings is 1. The van der Waals surface area contributed by atoms with Crippen LogP contribution in [0.2, 0.25) is 5.02 Å². The molecule has 1 aromatic carbocycles. The summed E-state index contributed by atoms with van der Waals surface area (Å²) in [6.07, 6.45) is 1.66. The molecule has 0 bridgehead atoms. The maximum absolute atomic E-state index is 12.5. The molecule has 0 radical (unpaired) electrons. The zero-order valence-electron chi connectivity index (χ0n) is 13.7. The van der Waals surface area contributed by atoms with Crippen molar-refractivity contribution in [1.82, 2.24) is 10.1 Å². The van der Waals surface area contributed by atoms with Gasteiger partial charge in [-0.05, 0) is 24.3 Å². The molecule has 0 unspecified atom stereocenters. The third kappa shape index (κ3) is 3.56. The fraction of sp³-hybridized carbons (Fsp3) is 0.444. The highest BCUT2D eigenvalue weighted by molar-refractivity contribution is 6.30. The Kier molecular flexibility index (Phi) is 4.50. The van der Waals surface area contributed by atoms with Gasteiger partial charge in [0.25, 0.3) is 0 Å². The molecule has 2 aliphatic rings. The Morgan fingerprint density at radius 2 is 1.84 bits per heavy atom. The fourth-order valence-corrected chi connectivity index (χ4v) is 3.42. The second kappa shape index (κ2) is 6.78. The van der Waals surface area contributed by atoms with Crippen molar-refractivity contribution < 1.29 is 18.8 Å². The minimum Gasteiger partial charge on any atom is -0.356 e. The number of ether oxygens (including phenoxy) is 2. The molecular weight excluding hydrogens is 344 g/mol.